The van der Waals surface area contributed by atoms with Gasteiger partial charge in [-0.3, -0.25) is 4.79 Å². The van der Waals surface area contributed by atoms with E-state index in [1.165, 1.54) is 11.3 Å². The first-order valence-corrected chi connectivity index (χ1v) is 8.31. The van der Waals surface area contributed by atoms with Crippen molar-refractivity contribution >= 4 is 40.2 Å². The lowest BCUT2D eigenvalue weighted by molar-refractivity contribution is -0.117. The third-order valence-corrected chi connectivity index (χ3v) is 4.84. The van der Waals surface area contributed by atoms with Gasteiger partial charge in [0.2, 0.25) is 5.91 Å². The molecule has 2 aromatic rings. The lowest BCUT2D eigenvalue weighted by Gasteiger charge is -2.23. The highest BCUT2D eigenvalue weighted by molar-refractivity contribution is 7.14. The lowest BCUT2D eigenvalue weighted by atomic mass is 10.1. The van der Waals surface area contributed by atoms with Crippen molar-refractivity contribution in [2.24, 2.45) is 0 Å². The van der Waals surface area contributed by atoms with Gasteiger partial charge in [0.25, 0.3) is 0 Å². The molecule has 1 atom stereocenters. The van der Waals surface area contributed by atoms with E-state index in [-0.39, 0.29) is 11.9 Å². The maximum Gasteiger partial charge on any atom is 0.227 e. The van der Waals surface area contributed by atoms with Gasteiger partial charge >= 0.3 is 0 Å². The summed E-state index contributed by atoms with van der Waals surface area (Å²) in [4.78, 5) is 13.8. The molecular formula is C16H17ClN2OS. The van der Waals surface area contributed by atoms with Crippen LogP contribution in [0.3, 0.4) is 0 Å². The molecule has 3 rings (SSSR count). The van der Waals surface area contributed by atoms with E-state index in [1.807, 2.05) is 35.2 Å². The van der Waals surface area contributed by atoms with Gasteiger partial charge in [-0.1, -0.05) is 23.7 Å². The third-order valence-electron chi connectivity index (χ3n) is 3.73. The normalized spacial score (nSPS) is 16.3. The Hall–Kier alpha value is -1.52. The fourth-order valence-corrected chi connectivity index (χ4v) is 3.59. The van der Waals surface area contributed by atoms with Crippen LogP contribution in [0.1, 0.15) is 31.4 Å². The number of rotatable bonds is 4. The number of thiophene rings is 1. The molecule has 0 radical (unpaired) electrons. The number of benzene rings is 1. The van der Waals surface area contributed by atoms with E-state index in [1.54, 1.807) is 0 Å². The first-order valence-electron chi connectivity index (χ1n) is 7.05. The molecule has 1 fully saturated rings. The van der Waals surface area contributed by atoms with Crippen molar-refractivity contribution in [2.45, 2.75) is 25.8 Å². The third kappa shape index (κ3) is 3.06. The summed E-state index contributed by atoms with van der Waals surface area (Å²) in [5.41, 5.74) is 3.11. The Balaban J connectivity index is 1.84. The quantitative estimate of drug-likeness (QED) is 0.885. The maximum atomic E-state index is 12.0. The molecule has 0 bridgehead atoms. The van der Waals surface area contributed by atoms with Crippen LogP contribution in [0.25, 0.3) is 0 Å². The molecule has 1 aromatic carbocycles. The van der Waals surface area contributed by atoms with Gasteiger partial charge in [0.15, 0.2) is 0 Å². The first kappa shape index (κ1) is 14.4. The van der Waals surface area contributed by atoms with Crippen molar-refractivity contribution in [3.8, 4) is 0 Å². The molecular weight excluding hydrogens is 304 g/mol. The summed E-state index contributed by atoms with van der Waals surface area (Å²) in [6.45, 7) is 2.90. The second-order valence-electron chi connectivity index (χ2n) is 5.22. The van der Waals surface area contributed by atoms with Gasteiger partial charge in [0.05, 0.1) is 15.7 Å². The smallest absolute Gasteiger partial charge is 0.227 e. The standard InChI is InChI=1S/C16H17ClN2OS/c1-11(12-9-15(17)21-10-12)18-13-5-2-3-6-14(13)19-8-4-7-16(19)20/h2-3,5-6,9-11,18H,4,7-8H2,1H3. The van der Waals surface area contributed by atoms with Crippen LogP contribution in [0, 0.1) is 0 Å². The zero-order valence-electron chi connectivity index (χ0n) is 11.8. The average molecular weight is 321 g/mol. The predicted molar refractivity (Wildman–Crippen MR) is 89.4 cm³/mol. The van der Waals surface area contributed by atoms with Crippen LogP contribution in [0.2, 0.25) is 4.34 Å². The highest BCUT2D eigenvalue weighted by atomic mass is 35.5. The van der Waals surface area contributed by atoms with E-state index >= 15 is 0 Å². The van der Waals surface area contributed by atoms with E-state index in [0.717, 1.165) is 34.2 Å². The van der Waals surface area contributed by atoms with Gasteiger partial charge in [0, 0.05) is 19.0 Å². The van der Waals surface area contributed by atoms with Crippen LogP contribution in [0.4, 0.5) is 11.4 Å². The van der Waals surface area contributed by atoms with Gasteiger partial charge in [0.1, 0.15) is 0 Å². The molecule has 0 spiro atoms. The number of nitrogens with one attached hydrogen (secondary N) is 1. The summed E-state index contributed by atoms with van der Waals surface area (Å²) in [6, 6.07) is 10.1. The van der Waals surface area contributed by atoms with E-state index in [0.29, 0.717) is 6.42 Å². The number of carbonyl (C=O) groups is 1. The number of para-hydroxylation sites is 2. The van der Waals surface area contributed by atoms with Crippen molar-refractivity contribution in [3.05, 3.63) is 45.6 Å². The lowest BCUT2D eigenvalue weighted by Crippen LogP contribution is -2.25. The SMILES string of the molecule is CC(Nc1ccccc1N1CCCC1=O)c1csc(Cl)c1. The fraction of sp³-hybridized carbons (Fsp3) is 0.312. The van der Waals surface area contributed by atoms with Crippen LogP contribution in [-0.2, 0) is 4.79 Å². The van der Waals surface area contributed by atoms with Crippen molar-refractivity contribution in [3.63, 3.8) is 0 Å². The van der Waals surface area contributed by atoms with Crippen LogP contribution in [0.5, 0.6) is 0 Å². The molecule has 3 nitrogen and oxygen atoms in total. The maximum absolute atomic E-state index is 12.0. The number of amides is 1. The Morgan fingerprint density at radius 1 is 1.38 bits per heavy atom. The summed E-state index contributed by atoms with van der Waals surface area (Å²) < 4.78 is 0.793. The molecule has 1 aliphatic heterocycles. The minimum atomic E-state index is 0.146. The number of anilines is 2. The van der Waals surface area contributed by atoms with Gasteiger partial charge < -0.3 is 10.2 Å². The average Bonchev–Trinajstić information content (AvgIpc) is 3.08. The van der Waals surface area contributed by atoms with Crippen molar-refractivity contribution < 1.29 is 4.79 Å². The molecule has 1 amide bonds. The second kappa shape index (κ2) is 6.08. The Labute approximate surface area is 133 Å². The molecule has 110 valence electrons. The number of halogens is 1. The van der Waals surface area contributed by atoms with Gasteiger partial charge in [-0.25, -0.2) is 0 Å². The van der Waals surface area contributed by atoms with Gasteiger partial charge in [-0.05, 0) is 42.5 Å². The number of nitrogens with zero attached hydrogens (tertiary/aromatic N) is 1. The number of hydrogen-bond donors (Lipinski definition) is 1. The van der Waals surface area contributed by atoms with Crippen LogP contribution < -0.4 is 10.2 Å². The summed E-state index contributed by atoms with van der Waals surface area (Å²) in [6.07, 6.45) is 1.58. The molecule has 0 aliphatic carbocycles. The Morgan fingerprint density at radius 2 is 2.19 bits per heavy atom. The van der Waals surface area contributed by atoms with Crippen LogP contribution in [0.15, 0.2) is 35.7 Å². The zero-order chi connectivity index (χ0) is 14.8. The zero-order valence-corrected chi connectivity index (χ0v) is 13.4. The molecule has 1 unspecified atom stereocenters. The molecule has 1 saturated heterocycles. The molecule has 5 heteroatoms. The van der Waals surface area contributed by atoms with Crippen molar-refractivity contribution in [2.75, 3.05) is 16.8 Å². The molecule has 21 heavy (non-hydrogen) atoms. The minimum Gasteiger partial charge on any atom is -0.377 e. The second-order valence-corrected chi connectivity index (χ2v) is 6.76. The van der Waals surface area contributed by atoms with E-state index in [9.17, 15) is 4.79 Å². The summed E-state index contributed by atoms with van der Waals surface area (Å²) in [5, 5.41) is 5.55. The van der Waals surface area contributed by atoms with Gasteiger partial charge in [-0.2, -0.15) is 0 Å². The van der Waals surface area contributed by atoms with E-state index in [2.05, 4.69) is 17.6 Å². The minimum absolute atomic E-state index is 0.146. The van der Waals surface area contributed by atoms with Crippen molar-refractivity contribution in [1.82, 2.24) is 0 Å². The molecule has 1 aliphatic rings. The Bertz CT molecular complexity index is 655. The van der Waals surface area contributed by atoms with E-state index < -0.39 is 0 Å². The van der Waals surface area contributed by atoms with Crippen molar-refractivity contribution in [1.29, 1.82) is 0 Å². The monoisotopic (exact) mass is 320 g/mol. The number of carbonyl (C=O) groups excluding carboxylic acids is 1. The number of hydrogen-bond acceptors (Lipinski definition) is 3. The van der Waals surface area contributed by atoms with Crippen LogP contribution >= 0.6 is 22.9 Å². The highest BCUT2D eigenvalue weighted by Gasteiger charge is 2.24. The molecule has 0 saturated carbocycles. The van der Waals surface area contributed by atoms with Crippen LogP contribution in [-0.4, -0.2) is 12.5 Å². The molecule has 1 aromatic heterocycles. The first-order chi connectivity index (χ1) is 10.1. The summed E-state index contributed by atoms with van der Waals surface area (Å²) >= 11 is 7.53. The predicted octanol–water partition coefficient (Wildman–Crippen LogP) is 4.70. The Kier molecular flexibility index (Phi) is 4.17. The van der Waals surface area contributed by atoms with E-state index in [4.69, 9.17) is 11.6 Å². The van der Waals surface area contributed by atoms with Gasteiger partial charge in [-0.15, -0.1) is 11.3 Å². The molecule has 2 heterocycles. The summed E-state index contributed by atoms with van der Waals surface area (Å²) in [5.74, 6) is 0.204. The molecule has 1 N–H and O–H groups in total. The topological polar surface area (TPSA) is 32.3 Å². The fourth-order valence-electron chi connectivity index (χ4n) is 2.60. The summed E-state index contributed by atoms with van der Waals surface area (Å²) in [7, 11) is 0. The highest BCUT2D eigenvalue weighted by Crippen LogP contribution is 2.33. The Morgan fingerprint density at radius 3 is 2.86 bits per heavy atom. The largest absolute Gasteiger partial charge is 0.377 e.